The summed E-state index contributed by atoms with van der Waals surface area (Å²) in [6.07, 6.45) is 2.98. The number of primary amides is 1. The Morgan fingerprint density at radius 1 is 1.23 bits per heavy atom. The van der Waals surface area contributed by atoms with Crippen LogP contribution in [-0.2, 0) is 19.7 Å². The van der Waals surface area contributed by atoms with Crippen LogP contribution >= 0.6 is 15.9 Å². The summed E-state index contributed by atoms with van der Waals surface area (Å²) in [5.74, 6) is -1.17. The van der Waals surface area contributed by atoms with Crippen molar-refractivity contribution in [2.75, 3.05) is 0 Å². The minimum atomic E-state index is -0.728. The number of rotatable bonds is 7. The van der Waals surface area contributed by atoms with E-state index in [0.29, 0.717) is 17.1 Å². The minimum Gasteiger partial charge on any atom is -0.487 e. The Labute approximate surface area is 184 Å². The first-order valence-electron chi connectivity index (χ1n) is 9.04. The summed E-state index contributed by atoms with van der Waals surface area (Å²) in [6.45, 7) is 1.86. The largest absolute Gasteiger partial charge is 0.487 e. The number of aromatic nitrogens is 3. The van der Waals surface area contributed by atoms with Crippen LogP contribution in [0.4, 0.5) is 13.6 Å². The summed E-state index contributed by atoms with van der Waals surface area (Å²) in [7, 11) is 0. The van der Waals surface area contributed by atoms with E-state index < -0.39 is 17.7 Å². The molecule has 31 heavy (non-hydrogen) atoms. The molecule has 0 aliphatic heterocycles. The van der Waals surface area contributed by atoms with Crippen molar-refractivity contribution in [1.82, 2.24) is 19.9 Å². The first kappa shape index (κ1) is 22.3. The number of ether oxygens (including phenoxy) is 1. The molecule has 0 aliphatic carbocycles. The molecule has 0 radical (unpaired) electrons. The Kier molecular flexibility index (Phi) is 6.95. The van der Waals surface area contributed by atoms with E-state index in [1.54, 1.807) is 13.0 Å². The van der Waals surface area contributed by atoms with Gasteiger partial charge in [0.2, 0.25) is 0 Å². The summed E-state index contributed by atoms with van der Waals surface area (Å²) >= 11 is 3.23. The van der Waals surface area contributed by atoms with Crippen LogP contribution in [-0.4, -0.2) is 20.6 Å². The quantitative estimate of drug-likeness (QED) is 0.525. The average molecular weight is 494 g/mol. The van der Waals surface area contributed by atoms with Gasteiger partial charge < -0.3 is 20.4 Å². The third-order valence-electron chi connectivity index (χ3n) is 4.34. The molecule has 3 N–H and O–H groups in total. The number of carbonyl (C=O) groups excluding carboxylic acids is 1. The molecular weight excluding hydrogens is 476 g/mol. The van der Waals surface area contributed by atoms with Crippen molar-refractivity contribution in [1.29, 1.82) is 0 Å². The van der Waals surface area contributed by atoms with E-state index in [9.17, 15) is 18.4 Å². The Bertz CT molecular complexity index is 1170. The van der Waals surface area contributed by atoms with Gasteiger partial charge in [0.1, 0.15) is 28.5 Å². The normalized spacial score (nSPS) is 10.7. The topological polar surface area (TPSA) is 112 Å². The van der Waals surface area contributed by atoms with Gasteiger partial charge in [0, 0.05) is 23.4 Å². The molecule has 162 valence electrons. The molecule has 3 aromatic rings. The van der Waals surface area contributed by atoms with Gasteiger partial charge in [-0.3, -0.25) is 14.8 Å². The van der Waals surface area contributed by atoms with E-state index in [2.05, 4.69) is 31.2 Å². The molecule has 2 heterocycles. The minimum absolute atomic E-state index is 0.147. The lowest BCUT2D eigenvalue weighted by atomic mass is 10.2. The number of carbonyl (C=O) groups is 1. The maximum atomic E-state index is 13.8. The molecule has 0 bridgehead atoms. The van der Waals surface area contributed by atoms with Gasteiger partial charge in [-0.1, -0.05) is 0 Å². The Morgan fingerprint density at radius 2 is 1.94 bits per heavy atom. The number of nitrogens with zero attached hydrogens (tertiary/aromatic N) is 3. The SMILES string of the molecule is Cc1cc(OCc2ccc(F)cc2F)c(Br)c(=O)n1Cc1cnc(CNC(N)=O)cn1. The molecule has 0 atom stereocenters. The van der Waals surface area contributed by atoms with E-state index in [4.69, 9.17) is 10.5 Å². The summed E-state index contributed by atoms with van der Waals surface area (Å²) in [5, 5.41) is 2.41. The van der Waals surface area contributed by atoms with E-state index in [0.717, 1.165) is 12.1 Å². The zero-order chi connectivity index (χ0) is 22.5. The summed E-state index contributed by atoms with van der Waals surface area (Å²) in [6, 6.07) is 4.16. The maximum absolute atomic E-state index is 13.8. The number of urea groups is 1. The number of halogens is 3. The molecule has 1 aromatic carbocycles. The molecule has 0 fully saturated rings. The highest BCUT2D eigenvalue weighted by Crippen LogP contribution is 2.24. The third-order valence-corrected chi connectivity index (χ3v) is 5.07. The standard InChI is InChI=1S/C20H18BrF2N5O3/c1-11-4-17(31-10-12-2-3-13(22)5-16(12)23)18(21)19(29)28(11)9-15-8-25-14(6-26-15)7-27-20(24)30/h2-6,8H,7,9-10H2,1H3,(H3,24,27,30). The van der Waals surface area contributed by atoms with E-state index in [1.165, 1.54) is 23.0 Å². The molecule has 0 unspecified atom stereocenters. The summed E-state index contributed by atoms with van der Waals surface area (Å²) < 4.78 is 34.0. The van der Waals surface area contributed by atoms with Crippen molar-refractivity contribution < 1.29 is 18.3 Å². The smallest absolute Gasteiger partial charge is 0.312 e. The van der Waals surface area contributed by atoms with Gasteiger partial charge in [0.05, 0.1) is 36.9 Å². The second-order valence-electron chi connectivity index (χ2n) is 6.60. The van der Waals surface area contributed by atoms with E-state index in [-0.39, 0.29) is 41.0 Å². The molecule has 0 saturated carbocycles. The number of nitrogens with two attached hydrogens (primary N) is 1. The maximum Gasteiger partial charge on any atom is 0.312 e. The lowest BCUT2D eigenvalue weighted by molar-refractivity contribution is 0.248. The second kappa shape index (κ2) is 9.65. The van der Waals surface area contributed by atoms with Crippen LogP contribution in [0.3, 0.4) is 0 Å². The molecular formula is C20H18BrF2N5O3. The molecule has 3 rings (SSSR count). The van der Waals surface area contributed by atoms with Gasteiger partial charge in [0.15, 0.2) is 0 Å². The second-order valence-corrected chi connectivity index (χ2v) is 7.39. The monoisotopic (exact) mass is 493 g/mol. The zero-order valence-corrected chi connectivity index (χ0v) is 17.9. The highest BCUT2D eigenvalue weighted by atomic mass is 79.9. The zero-order valence-electron chi connectivity index (χ0n) is 16.4. The number of hydrogen-bond donors (Lipinski definition) is 2. The van der Waals surface area contributed by atoms with Gasteiger partial charge in [-0.25, -0.2) is 13.6 Å². The number of pyridine rings is 1. The van der Waals surface area contributed by atoms with Gasteiger partial charge in [-0.15, -0.1) is 0 Å². The number of nitrogens with one attached hydrogen (secondary N) is 1. The molecule has 11 heteroatoms. The summed E-state index contributed by atoms with van der Waals surface area (Å²) in [4.78, 5) is 32.0. The van der Waals surface area contributed by atoms with Crippen LogP contribution in [0, 0.1) is 18.6 Å². The third kappa shape index (κ3) is 5.63. The fourth-order valence-electron chi connectivity index (χ4n) is 2.70. The fourth-order valence-corrected chi connectivity index (χ4v) is 3.15. The molecule has 0 saturated heterocycles. The van der Waals surface area contributed by atoms with Crippen molar-refractivity contribution >= 4 is 22.0 Å². The Hall–Kier alpha value is -3.34. The number of hydrogen-bond acceptors (Lipinski definition) is 5. The van der Waals surface area contributed by atoms with Crippen LogP contribution in [0.15, 0.2) is 45.9 Å². The Balaban J connectivity index is 1.75. The molecule has 2 aromatic heterocycles. The van der Waals surface area contributed by atoms with Crippen LogP contribution in [0.25, 0.3) is 0 Å². The van der Waals surface area contributed by atoms with Crippen LogP contribution < -0.4 is 21.3 Å². The van der Waals surface area contributed by atoms with Gasteiger partial charge in [0.25, 0.3) is 5.56 Å². The van der Waals surface area contributed by atoms with Crippen LogP contribution in [0.1, 0.15) is 22.6 Å². The number of amides is 2. The first-order valence-corrected chi connectivity index (χ1v) is 9.83. The van der Waals surface area contributed by atoms with Gasteiger partial charge in [-0.05, 0) is 35.0 Å². The summed E-state index contributed by atoms with van der Waals surface area (Å²) in [5.41, 5.74) is 6.45. The van der Waals surface area contributed by atoms with Gasteiger partial charge in [-0.2, -0.15) is 0 Å². The molecule has 0 spiro atoms. The van der Waals surface area contributed by atoms with Gasteiger partial charge >= 0.3 is 6.03 Å². The van der Waals surface area contributed by atoms with E-state index >= 15 is 0 Å². The predicted octanol–water partition coefficient (Wildman–Crippen LogP) is 2.78. The molecule has 2 amide bonds. The lowest BCUT2D eigenvalue weighted by Crippen LogP contribution is -2.29. The lowest BCUT2D eigenvalue weighted by Gasteiger charge is -2.14. The van der Waals surface area contributed by atoms with Crippen LogP contribution in [0.5, 0.6) is 5.75 Å². The van der Waals surface area contributed by atoms with Crippen molar-refractivity contribution in [2.24, 2.45) is 5.73 Å². The van der Waals surface area contributed by atoms with Crippen molar-refractivity contribution in [3.8, 4) is 5.75 Å². The van der Waals surface area contributed by atoms with Crippen molar-refractivity contribution in [3.63, 3.8) is 0 Å². The number of aryl methyl sites for hydroxylation is 1. The van der Waals surface area contributed by atoms with Crippen LogP contribution in [0.2, 0.25) is 0 Å². The molecule has 0 aliphatic rings. The van der Waals surface area contributed by atoms with Crippen molar-refractivity contribution in [2.45, 2.75) is 26.6 Å². The fraction of sp³-hybridized carbons (Fsp3) is 0.200. The predicted molar refractivity (Wildman–Crippen MR) is 111 cm³/mol. The van der Waals surface area contributed by atoms with E-state index in [1.807, 2.05) is 0 Å². The Morgan fingerprint density at radius 3 is 2.58 bits per heavy atom. The highest BCUT2D eigenvalue weighted by Gasteiger charge is 2.14. The molecule has 8 nitrogen and oxygen atoms in total. The average Bonchev–Trinajstić information content (AvgIpc) is 2.73. The highest BCUT2D eigenvalue weighted by molar-refractivity contribution is 9.10. The number of benzene rings is 1. The van der Waals surface area contributed by atoms with Crippen molar-refractivity contribution in [3.05, 3.63) is 85.8 Å². The first-order chi connectivity index (χ1) is 14.7.